The minimum atomic E-state index is -0.258. The molecule has 2 nitrogen and oxygen atoms in total. The first kappa shape index (κ1) is 7.55. The van der Waals surface area contributed by atoms with Gasteiger partial charge in [0.2, 0.25) is 0 Å². The highest BCUT2D eigenvalue weighted by Crippen LogP contribution is 2.32. The molecule has 62 valence electrons. The maximum absolute atomic E-state index is 11.0. The number of hydrogen-bond acceptors (Lipinski definition) is 3. The molecule has 1 aliphatic heterocycles. The van der Waals surface area contributed by atoms with Crippen LogP contribution in [0.3, 0.4) is 0 Å². The van der Waals surface area contributed by atoms with E-state index < -0.39 is 0 Å². The molecule has 1 aromatic rings. The van der Waals surface area contributed by atoms with Crippen LogP contribution in [0.15, 0.2) is 29.0 Å². The minimum Gasteiger partial charge on any atom is -0.454 e. The van der Waals surface area contributed by atoms with E-state index in [1.807, 2.05) is 16.8 Å². The first-order chi connectivity index (χ1) is 5.77. The Morgan fingerprint density at radius 2 is 2.50 bits per heavy atom. The van der Waals surface area contributed by atoms with E-state index in [0.29, 0.717) is 12.0 Å². The van der Waals surface area contributed by atoms with E-state index in [4.69, 9.17) is 4.74 Å². The summed E-state index contributed by atoms with van der Waals surface area (Å²) in [7, 11) is 0. The van der Waals surface area contributed by atoms with Gasteiger partial charge < -0.3 is 4.74 Å². The molecule has 0 spiro atoms. The topological polar surface area (TPSA) is 26.3 Å². The van der Waals surface area contributed by atoms with Crippen LogP contribution in [0.25, 0.3) is 0 Å². The molecule has 1 saturated heterocycles. The summed E-state index contributed by atoms with van der Waals surface area (Å²) in [5.74, 6) is -0.258. The van der Waals surface area contributed by atoms with Gasteiger partial charge in [0.1, 0.15) is 6.10 Å². The van der Waals surface area contributed by atoms with Gasteiger partial charge in [-0.2, -0.15) is 11.3 Å². The van der Waals surface area contributed by atoms with Gasteiger partial charge >= 0.3 is 5.97 Å². The summed E-state index contributed by atoms with van der Waals surface area (Å²) in [6, 6.07) is 1.97. The van der Waals surface area contributed by atoms with Crippen molar-refractivity contribution in [1.29, 1.82) is 0 Å². The first-order valence-electron chi connectivity index (χ1n) is 3.68. The normalized spacial score (nSPS) is 22.8. The highest BCUT2D eigenvalue weighted by Gasteiger charge is 2.28. The third-order valence-electron chi connectivity index (χ3n) is 1.88. The van der Waals surface area contributed by atoms with Crippen molar-refractivity contribution in [2.45, 2.75) is 12.5 Å². The predicted molar refractivity (Wildman–Crippen MR) is 46.9 cm³/mol. The summed E-state index contributed by atoms with van der Waals surface area (Å²) < 4.78 is 5.09. The summed E-state index contributed by atoms with van der Waals surface area (Å²) in [6.07, 6.45) is 0.548. The molecule has 0 N–H and O–H groups in total. The number of carbonyl (C=O) groups excluding carboxylic acids is 1. The van der Waals surface area contributed by atoms with Crippen LogP contribution >= 0.6 is 11.3 Å². The van der Waals surface area contributed by atoms with Gasteiger partial charge in [-0.3, -0.25) is 0 Å². The quantitative estimate of drug-likeness (QED) is 0.489. The molecular formula is C9H8O2S. The highest BCUT2D eigenvalue weighted by atomic mass is 32.1. The molecule has 1 atom stereocenters. The Hall–Kier alpha value is -1.09. The average molecular weight is 180 g/mol. The Balaban J connectivity index is 2.19. The average Bonchev–Trinajstić information content (AvgIpc) is 2.61. The van der Waals surface area contributed by atoms with E-state index in [1.54, 1.807) is 11.3 Å². The van der Waals surface area contributed by atoms with Gasteiger partial charge in [-0.05, 0) is 16.8 Å². The number of cyclic esters (lactones) is 1. The van der Waals surface area contributed by atoms with Crippen molar-refractivity contribution in [3.8, 4) is 0 Å². The molecule has 1 fully saturated rings. The van der Waals surface area contributed by atoms with Crippen molar-refractivity contribution in [2.24, 2.45) is 0 Å². The maximum Gasteiger partial charge on any atom is 0.334 e. The van der Waals surface area contributed by atoms with E-state index in [9.17, 15) is 4.79 Å². The summed E-state index contributed by atoms with van der Waals surface area (Å²) >= 11 is 1.61. The van der Waals surface area contributed by atoms with Crippen LogP contribution in [-0.4, -0.2) is 5.97 Å². The van der Waals surface area contributed by atoms with E-state index in [1.165, 1.54) is 0 Å². The van der Waals surface area contributed by atoms with E-state index in [-0.39, 0.29) is 12.1 Å². The highest BCUT2D eigenvalue weighted by molar-refractivity contribution is 7.07. The second-order valence-electron chi connectivity index (χ2n) is 2.76. The summed E-state index contributed by atoms with van der Waals surface area (Å²) in [5.41, 5.74) is 1.65. The van der Waals surface area contributed by atoms with Crippen molar-refractivity contribution in [3.05, 3.63) is 34.5 Å². The van der Waals surface area contributed by atoms with Crippen molar-refractivity contribution < 1.29 is 9.53 Å². The second kappa shape index (κ2) is 2.75. The standard InChI is InChI=1S/C9H8O2S/c1-6-4-8(11-9(6)10)7-2-3-12-5-7/h2-3,5,8H,1,4H2. The molecule has 12 heavy (non-hydrogen) atoms. The molecular weight excluding hydrogens is 172 g/mol. The lowest BCUT2D eigenvalue weighted by Crippen LogP contribution is -1.96. The van der Waals surface area contributed by atoms with Crippen LogP contribution in [0.5, 0.6) is 0 Å². The smallest absolute Gasteiger partial charge is 0.334 e. The molecule has 0 amide bonds. The second-order valence-corrected chi connectivity index (χ2v) is 3.54. The molecule has 2 heterocycles. The molecule has 0 aliphatic carbocycles. The molecule has 0 radical (unpaired) electrons. The Kier molecular flexibility index (Phi) is 1.73. The maximum atomic E-state index is 11.0. The van der Waals surface area contributed by atoms with Gasteiger partial charge in [0, 0.05) is 17.6 Å². The van der Waals surface area contributed by atoms with Gasteiger partial charge in [0.05, 0.1) is 0 Å². The fourth-order valence-electron chi connectivity index (χ4n) is 1.21. The summed E-state index contributed by atoms with van der Waals surface area (Å²) in [5, 5.41) is 3.97. The molecule has 3 heteroatoms. The van der Waals surface area contributed by atoms with Gasteiger partial charge in [-0.1, -0.05) is 6.58 Å². The SMILES string of the molecule is C=C1CC(c2ccsc2)OC1=O. The molecule has 1 aromatic heterocycles. The Bertz CT molecular complexity index is 297. The summed E-state index contributed by atoms with van der Waals surface area (Å²) in [4.78, 5) is 11.0. The van der Waals surface area contributed by atoms with Gasteiger partial charge in [-0.25, -0.2) is 4.79 Å². The lowest BCUT2D eigenvalue weighted by molar-refractivity contribution is -0.139. The lowest BCUT2D eigenvalue weighted by atomic mass is 10.1. The third-order valence-corrected chi connectivity index (χ3v) is 2.59. The molecule has 0 saturated carbocycles. The van der Waals surface area contributed by atoms with Crippen molar-refractivity contribution in [2.75, 3.05) is 0 Å². The monoisotopic (exact) mass is 180 g/mol. The van der Waals surface area contributed by atoms with E-state index >= 15 is 0 Å². The number of ether oxygens (including phenoxy) is 1. The van der Waals surface area contributed by atoms with Crippen LogP contribution < -0.4 is 0 Å². The lowest BCUT2D eigenvalue weighted by Gasteiger charge is -2.04. The zero-order valence-electron chi connectivity index (χ0n) is 6.45. The fourth-order valence-corrected chi connectivity index (χ4v) is 1.91. The third kappa shape index (κ3) is 1.16. The van der Waals surface area contributed by atoms with E-state index in [0.717, 1.165) is 5.56 Å². The van der Waals surface area contributed by atoms with Crippen LogP contribution in [0.1, 0.15) is 18.1 Å². The molecule has 0 bridgehead atoms. The summed E-state index contributed by atoms with van der Waals surface area (Å²) in [6.45, 7) is 3.62. The van der Waals surface area contributed by atoms with Gasteiger partial charge in [-0.15, -0.1) is 0 Å². The zero-order valence-corrected chi connectivity index (χ0v) is 7.26. The molecule has 1 unspecified atom stereocenters. The van der Waals surface area contributed by atoms with Crippen molar-refractivity contribution >= 4 is 17.3 Å². The predicted octanol–water partition coefficient (Wildman–Crippen LogP) is 2.29. The largest absolute Gasteiger partial charge is 0.454 e. The number of carbonyl (C=O) groups is 1. The number of thiophene rings is 1. The fraction of sp³-hybridized carbons (Fsp3) is 0.222. The molecule has 0 aromatic carbocycles. The van der Waals surface area contributed by atoms with Crippen LogP contribution in [0, 0.1) is 0 Å². The van der Waals surface area contributed by atoms with E-state index in [2.05, 4.69) is 6.58 Å². The van der Waals surface area contributed by atoms with Crippen molar-refractivity contribution in [3.63, 3.8) is 0 Å². The Labute approximate surface area is 74.5 Å². The van der Waals surface area contributed by atoms with Gasteiger partial charge in [0.15, 0.2) is 0 Å². The van der Waals surface area contributed by atoms with Crippen molar-refractivity contribution in [1.82, 2.24) is 0 Å². The Morgan fingerprint density at radius 3 is 3.00 bits per heavy atom. The van der Waals surface area contributed by atoms with Gasteiger partial charge in [0.25, 0.3) is 0 Å². The number of hydrogen-bond donors (Lipinski definition) is 0. The number of esters is 1. The minimum absolute atomic E-state index is 0.0868. The molecule has 1 aliphatic rings. The van der Waals surface area contributed by atoms with Crippen LogP contribution in [0.2, 0.25) is 0 Å². The van der Waals surface area contributed by atoms with Crippen LogP contribution in [-0.2, 0) is 9.53 Å². The Morgan fingerprint density at radius 1 is 1.67 bits per heavy atom. The first-order valence-corrected chi connectivity index (χ1v) is 4.62. The molecule has 2 rings (SSSR count). The van der Waals surface area contributed by atoms with Crippen LogP contribution in [0.4, 0.5) is 0 Å². The number of rotatable bonds is 1. The zero-order chi connectivity index (χ0) is 8.55.